The van der Waals surface area contributed by atoms with Crippen molar-refractivity contribution in [2.45, 2.75) is 71.1 Å². The van der Waals surface area contributed by atoms with Crippen molar-refractivity contribution in [1.29, 1.82) is 0 Å². The molecule has 2 aromatic carbocycles. The molecule has 34 heavy (non-hydrogen) atoms. The maximum atomic E-state index is 12.7. The van der Waals surface area contributed by atoms with E-state index in [1.807, 2.05) is 0 Å². The highest BCUT2D eigenvalue weighted by Crippen LogP contribution is 2.18. The summed E-state index contributed by atoms with van der Waals surface area (Å²) in [5.41, 5.74) is 0.124. The fourth-order valence-electron chi connectivity index (χ4n) is 3.74. The van der Waals surface area contributed by atoms with E-state index in [9.17, 15) is 24.3 Å². The quantitative estimate of drug-likeness (QED) is 0.213. The second kappa shape index (κ2) is 13.9. The van der Waals surface area contributed by atoms with Crippen molar-refractivity contribution in [1.82, 2.24) is 0 Å². The van der Waals surface area contributed by atoms with E-state index in [1.54, 1.807) is 24.3 Å². The fourth-order valence-corrected chi connectivity index (χ4v) is 3.74. The maximum Gasteiger partial charge on any atom is 0.336 e. The molecule has 2 aromatic rings. The van der Waals surface area contributed by atoms with Crippen LogP contribution in [0.5, 0.6) is 0 Å². The lowest BCUT2D eigenvalue weighted by Gasteiger charge is -2.08. The molecule has 0 fully saturated rings. The van der Waals surface area contributed by atoms with Gasteiger partial charge in [0.2, 0.25) is 5.91 Å². The van der Waals surface area contributed by atoms with Gasteiger partial charge in [-0.05, 0) is 42.8 Å². The molecule has 0 saturated carbocycles. The maximum absolute atomic E-state index is 12.7. The monoisotopic (exact) mass is 467 g/mol. The zero-order valence-corrected chi connectivity index (χ0v) is 19.6. The number of amides is 1. The molecule has 0 aliphatic carbocycles. The van der Waals surface area contributed by atoms with Gasteiger partial charge >= 0.3 is 11.9 Å². The Morgan fingerprint density at radius 3 is 1.76 bits per heavy atom. The van der Waals surface area contributed by atoms with Gasteiger partial charge in [0, 0.05) is 23.2 Å². The minimum Gasteiger partial charge on any atom is -0.478 e. The van der Waals surface area contributed by atoms with Gasteiger partial charge in [0.05, 0.1) is 11.1 Å². The molecular weight excluding hydrogens is 434 g/mol. The van der Waals surface area contributed by atoms with Crippen LogP contribution in [-0.4, -0.2) is 33.8 Å². The van der Waals surface area contributed by atoms with Crippen LogP contribution < -0.4 is 5.32 Å². The summed E-state index contributed by atoms with van der Waals surface area (Å²) in [6.45, 7) is 2.21. The van der Waals surface area contributed by atoms with Crippen LogP contribution in [0.1, 0.15) is 108 Å². The summed E-state index contributed by atoms with van der Waals surface area (Å²) in [5, 5.41) is 21.2. The van der Waals surface area contributed by atoms with Gasteiger partial charge in [-0.2, -0.15) is 0 Å². The van der Waals surface area contributed by atoms with E-state index in [-0.39, 0.29) is 17.0 Å². The highest BCUT2D eigenvalue weighted by molar-refractivity contribution is 6.11. The van der Waals surface area contributed by atoms with E-state index >= 15 is 0 Å². The first-order chi connectivity index (χ1) is 16.3. The number of carboxylic acids is 2. The van der Waals surface area contributed by atoms with Gasteiger partial charge in [0.25, 0.3) is 0 Å². The summed E-state index contributed by atoms with van der Waals surface area (Å²) in [4.78, 5) is 47.4. The third kappa shape index (κ3) is 8.46. The Morgan fingerprint density at radius 2 is 1.21 bits per heavy atom. The Hall–Kier alpha value is -3.48. The molecule has 0 atom stereocenters. The normalized spacial score (nSPS) is 10.6. The molecule has 7 nitrogen and oxygen atoms in total. The van der Waals surface area contributed by atoms with Gasteiger partial charge < -0.3 is 15.5 Å². The number of hydrogen-bond acceptors (Lipinski definition) is 4. The van der Waals surface area contributed by atoms with Gasteiger partial charge in [-0.3, -0.25) is 9.59 Å². The highest BCUT2D eigenvalue weighted by Gasteiger charge is 2.19. The van der Waals surface area contributed by atoms with Crippen molar-refractivity contribution in [2.24, 2.45) is 0 Å². The van der Waals surface area contributed by atoms with E-state index in [1.165, 1.54) is 44.6 Å². The van der Waals surface area contributed by atoms with Crippen LogP contribution in [0.3, 0.4) is 0 Å². The molecule has 7 heteroatoms. The minimum absolute atomic E-state index is 0.0719. The average Bonchev–Trinajstić information content (AvgIpc) is 2.82. The highest BCUT2D eigenvalue weighted by atomic mass is 16.4. The fraction of sp³-hybridized carbons (Fsp3) is 0.407. The number of benzene rings is 2. The van der Waals surface area contributed by atoms with Crippen LogP contribution in [0.25, 0.3) is 0 Å². The molecule has 1 amide bonds. The Bertz CT molecular complexity index is 997. The number of hydrogen-bond donors (Lipinski definition) is 3. The smallest absolute Gasteiger partial charge is 0.336 e. The Morgan fingerprint density at radius 1 is 0.676 bits per heavy atom. The van der Waals surface area contributed by atoms with E-state index in [4.69, 9.17) is 5.11 Å². The Kier molecular flexibility index (Phi) is 11.0. The summed E-state index contributed by atoms with van der Waals surface area (Å²) >= 11 is 0. The van der Waals surface area contributed by atoms with Crippen LogP contribution >= 0.6 is 0 Å². The first-order valence-corrected chi connectivity index (χ1v) is 11.9. The second-order valence-electron chi connectivity index (χ2n) is 8.40. The Labute approximate surface area is 200 Å². The first-order valence-electron chi connectivity index (χ1n) is 11.9. The minimum atomic E-state index is -1.42. The first kappa shape index (κ1) is 26.8. The predicted molar refractivity (Wildman–Crippen MR) is 131 cm³/mol. The molecule has 2 rings (SSSR count). The third-order valence-corrected chi connectivity index (χ3v) is 5.68. The van der Waals surface area contributed by atoms with E-state index in [0.717, 1.165) is 31.4 Å². The lowest BCUT2D eigenvalue weighted by atomic mass is 9.98. The molecule has 3 N–H and O–H groups in total. The van der Waals surface area contributed by atoms with Crippen LogP contribution in [0.2, 0.25) is 0 Å². The standard InChI is InChI=1S/C27H33NO6/c1-2-3-4-5-6-7-8-9-10-11-24(29)28-21-15-12-19(13-16-21)25(30)20-14-17-22(26(31)32)23(18-20)27(33)34/h12-18H,2-11H2,1H3,(H,28,29)(H,31,32)(H,33,34). The van der Waals surface area contributed by atoms with Crippen LogP contribution in [0.15, 0.2) is 42.5 Å². The molecule has 0 saturated heterocycles. The summed E-state index contributed by atoms with van der Waals surface area (Å²) < 4.78 is 0. The summed E-state index contributed by atoms with van der Waals surface area (Å²) in [5.74, 6) is -3.31. The van der Waals surface area contributed by atoms with Crippen molar-refractivity contribution in [2.75, 3.05) is 5.32 Å². The number of carboxylic acid groups (broad SMARTS) is 2. The van der Waals surface area contributed by atoms with Crippen molar-refractivity contribution < 1.29 is 29.4 Å². The van der Waals surface area contributed by atoms with E-state index in [0.29, 0.717) is 17.7 Å². The third-order valence-electron chi connectivity index (χ3n) is 5.68. The van der Waals surface area contributed by atoms with E-state index in [2.05, 4.69) is 12.2 Å². The number of aromatic carboxylic acids is 2. The molecule has 0 aromatic heterocycles. The molecule has 0 spiro atoms. The lowest BCUT2D eigenvalue weighted by molar-refractivity contribution is -0.116. The molecular formula is C27H33NO6. The number of ketones is 1. The lowest BCUT2D eigenvalue weighted by Crippen LogP contribution is -2.12. The zero-order chi connectivity index (χ0) is 24.9. The van der Waals surface area contributed by atoms with Gasteiger partial charge in [-0.1, -0.05) is 64.4 Å². The van der Waals surface area contributed by atoms with Gasteiger partial charge in [-0.25, -0.2) is 9.59 Å². The van der Waals surface area contributed by atoms with Gasteiger partial charge in [-0.15, -0.1) is 0 Å². The van der Waals surface area contributed by atoms with E-state index < -0.39 is 23.3 Å². The van der Waals surface area contributed by atoms with Gasteiger partial charge in [0.1, 0.15) is 0 Å². The molecule has 182 valence electrons. The van der Waals surface area contributed by atoms with Crippen molar-refractivity contribution >= 4 is 29.3 Å². The molecule has 0 aliphatic rings. The van der Waals surface area contributed by atoms with Crippen LogP contribution in [0, 0.1) is 0 Å². The largest absolute Gasteiger partial charge is 0.478 e. The Balaban J connectivity index is 1.83. The summed E-state index contributed by atoms with van der Waals surface area (Å²) in [7, 11) is 0. The average molecular weight is 468 g/mol. The topological polar surface area (TPSA) is 121 Å². The van der Waals surface area contributed by atoms with Crippen LogP contribution in [-0.2, 0) is 4.79 Å². The van der Waals surface area contributed by atoms with Gasteiger partial charge in [0.15, 0.2) is 5.78 Å². The van der Waals surface area contributed by atoms with Crippen molar-refractivity contribution in [3.63, 3.8) is 0 Å². The molecule has 0 radical (unpaired) electrons. The number of rotatable bonds is 15. The molecule has 0 aliphatic heterocycles. The molecule has 0 bridgehead atoms. The number of carbonyl (C=O) groups is 4. The SMILES string of the molecule is CCCCCCCCCCCC(=O)Nc1ccc(C(=O)c2ccc(C(=O)O)c(C(=O)O)c2)cc1. The summed E-state index contributed by atoms with van der Waals surface area (Å²) in [6, 6.07) is 9.79. The van der Waals surface area contributed by atoms with Crippen molar-refractivity contribution in [3.05, 3.63) is 64.7 Å². The number of anilines is 1. The number of carbonyl (C=O) groups excluding carboxylic acids is 2. The van der Waals surface area contributed by atoms with Crippen LogP contribution in [0.4, 0.5) is 5.69 Å². The zero-order valence-electron chi connectivity index (χ0n) is 19.6. The summed E-state index contributed by atoms with van der Waals surface area (Å²) in [6.07, 6.45) is 11.1. The predicted octanol–water partition coefficient (Wildman–Crippen LogP) is 6.17. The molecule has 0 heterocycles. The second-order valence-corrected chi connectivity index (χ2v) is 8.40. The van der Waals surface area contributed by atoms with Crippen molar-refractivity contribution in [3.8, 4) is 0 Å². The number of nitrogens with one attached hydrogen (secondary N) is 1. The molecule has 0 unspecified atom stereocenters. The number of unbranched alkanes of at least 4 members (excludes halogenated alkanes) is 8.